The Morgan fingerprint density at radius 2 is 1.96 bits per heavy atom. The molecule has 2 atom stereocenters. The van der Waals surface area contributed by atoms with Gasteiger partial charge in [0.2, 0.25) is 11.1 Å². The van der Waals surface area contributed by atoms with E-state index in [4.69, 9.17) is 4.98 Å². The molecule has 2 fully saturated rings. The molecule has 0 bridgehead atoms. The van der Waals surface area contributed by atoms with Crippen molar-refractivity contribution in [1.29, 1.82) is 0 Å². The molecule has 2 aromatic rings. The van der Waals surface area contributed by atoms with Gasteiger partial charge < -0.3 is 5.32 Å². The first kappa shape index (κ1) is 17.6. The highest BCUT2D eigenvalue weighted by molar-refractivity contribution is 7.99. The third-order valence-corrected chi connectivity index (χ3v) is 6.18. The molecule has 4 rings (SSSR count). The van der Waals surface area contributed by atoms with Crippen LogP contribution in [0.2, 0.25) is 0 Å². The molecule has 1 aromatic heterocycles. The highest BCUT2D eigenvalue weighted by Crippen LogP contribution is 2.40. The molecule has 5 nitrogen and oxygen atoms in total. The van der Waals surface area contributed by atoms with Crippen LogP contribution >= 0.6 is 11.8 Å². The maximum absolute atomic E-state index is 12.3. The van der Waals surface area contributed by atoms with Crippen molar-refractivity contribution in [3.05, 3.63) is 36.2 Å². The molecule has 0 radical (unpaired) electrons. The van der Waals surface area contributed by atoms with Crippen LogP contribution in [-0.2, 0) is 4.79 Å². The number of hydrogen-bond donors (Lipinski definition) is 1. The summed E-state index contributed by atoms with van der Waals surface area (Å²) in [4.78, 5) is 17.1. The molecule has 2 aliphatic rings. The summed E-state index contributed by atoms with van der Waals surface area (Å²) in [6, 6.07) is 10.5. The Kier molecular flexibility index (Phi) is 5.29. The zero-order chi connectivity index (χ0) is 17.9. The summed E-state index contributed by atoms with van der Waals surface area (Å²) in [7, 11) is 0. The van der Waals surface area contributed by atoms with Crippen molar-refractivity contribution in [1.82, 2.24) is 20.1 Å². The van der Waals surface area contributed by atoms with Gasteiger partial charge in [0.25, 0.3) is 0 Å². The Morgan fingerprint density at radius 3 is 2.69 bits per heavy atom. The summed E-state index contributed by atoms with van der Waals surface area (Å²) in [6.45, 7) is 2.24. The summed E-state index contributed by atoms with van der Waals surface area (Å²) in [5.41, 5.74) is 1.04. The first-order valence-electron chi connectivity index (χ1n) is 9.65. The minimum absolute atomic E-state index is 0.0952. The second-order valence-electron chi connectivity index (χ2n) is 7.50. The molecular weight excluding hydrogens is 344 g/mol. The largest absolute Gasteiger partial charge is 0.352 e. The predicted octanol–water partition coefficient (Wildman–Crippen LogP) is 3.93. The zero-order valence-electron chi connectivity index (χ0n) is 15.2. The number of amides is 1. The summed E-state index contributed by atoms with van der Waals surface area (Å²) in [5.74, 6) is 2.59. The van der Waals surface area contributed by atoms with Crippen LogP contribution in [0.4, 0.5) is 0 Å². The van der Waals surface area contributed by atoms with Gasteiger partial charge in [-0.05, 0) is 43.7 Å². The fourth-order valence-electron chi connectivity index (χ4n) is 3.64. The summed E-state index contributed by atoms with van der Waals surface area (Å²) in [5, 5.41) is 8.57. The molecule has 0 aliphatic heterocycles. The van der Waals surface area contributed by atoms with Gasteiger partial charge in [0, 0.05) is 12.0 Å². The van der Waals surface area contributed by atoms with Crippen LogP contribution in [0.1, 0.15) is 57.2 Å². The number of para-hydroxylation sites is 1. The minimum Gasteiger partial charge on any atom is -0.352 e. The quantitative estimate of drug-likeness (QED) is 0.783. The summed E-state index contributed by atoms with van der Waals surface area (Å²) in [6.07, 6.45) is 7.17. The van der Waals surface area contributed by atoms with Crippen molar-refractivity contribution >= 4 is 17.7 Å². The molecule has 0 saturated heterocycles. The van der Waals surface area contributed by atoms with Crippen LogP contribution in [-0.4, -0.2) is 32.5 Å². The van der Waals surface area contributed by atoms with E-state index in [9.17, 15) is 4.79 Å². The van der Waals surface area contributed by atoms with E-state index in [2.05, 4.69) is 17.3 Å². The van der Waals surface area contributed by atoms with Crippen LogP contribution in [0.15, 0.2) is 35.5 Å². The molecule has 1 amide bonds. The fraction of sp³-hybridized carbons (Fsp3) is 0.550. The lowest BCUT2D eigenvalue weighted by Crippen LogP contribution is -2.41. The molecule has 2 aliphatic carbocycles. The van der Waals surface area contributed by atoms with Gasteiger partial charge in [-0.2, -0.15) is 0 Å². The van der Waals surface area contributed by atoms with E-state index in [0.29, 0.717) is 28.8 Å². The average Bonchev–Trinajstić information content (AvgIpc) is 3.42. The van der Waals surface area contributed by atoms with E-state index < -0.39 is 0 Å². The minimum atomic E-state index is 0.0952. The number of nitrogens with zero attached hydrogens (tertiary/aromatic N) is 3. The number of benzene rings is 1. The maximum atomic E-state index is 12.3. The topological polar surface area (TPSA) is 59.8 Å². The van der Waals surface area contributed by atoms with Gasteiger partial charge in [-0.3, -0.25) is 4.79 Å². The van der Waals surface area contributed by atoms with Crippen LogP contribution in [0.3, 0.4) is 0 Å². The second-order valence-corrected chi connectivity index (χ2v) is 8.44. The van der Waals surface area contributed by atoms with Crippen molar-refractivity contribution in [2.45, 2.75) is 62.6 Å². The lowest BCUT2D eigenvalue weighted by molar-refractivity contribution is -0.119. The van der Waals surface area contributed by atoms with Crippen molar-refractivity contribution in [3.8, 4) is 5.69 Å². The monoisotopic (exact) mass is 370 g/mol. The first-order chi connectivity index (χ1) is 12.7. The SMILES string of the molecule is C[C@@H]1CCCC[C@@H]1NC(=O)CSc1nc(C2CC2)n(-c2ccccc2)n1. The molecule has 1 N–H and O–H groups in total. The highest BCUT2D eigenvalue weighted by atomic mass is 32.2. The Bertz CT molecular complexity index is 756. The molecule has 138 valence electrons. The van der Waals surface area contributed by atoms with Crippen LogP contribution < -0.4 is 5.32 Å². The Hall–Kier alpha value is -1.82. The third kappa shape index (κ3) is 4.11. The van der Waals surface area contributed by atoms with Gasteiger partial charge in [-0.25, -0.2) is 9.67 Å². The van der Waals surface area contributed by atoms with E-state index in [1.165, 1.54) is 43.9 Å². The van der Waals surface area contributed by atoms with Crippen molar-refractivity contribution in [2.75, 3.05) is 5.75 Å². The van der Waals surface area contributed by atoms with Gasteiger partial charge in [-0.1, -0.05) is 49.7 Å². The van der Waals surface area contributed by atoms with E-state index in [1.54, 1.807) is 0 Å². The van der Waals surface area contributed by atoms with Gasteiger partial charge >= 0.3 is 0 Å². The van der Waals surface area contributed by atoms with Crippen molar-refractivity contribution in [2.24, 2.45) is 5.92 Å². The molecule has 6 heteroatoms. The van der Waals surface area contributed by atoms with Crippen LogP contribution in [0.5, 0.6) is 0 Å². The van der Waals surface area contributed by atoms with E-state index in [0.717, 1.165) is 17.9 Å². The van der Waals surface area contributed by atoms with E-state index >= 15 is 0 Å². The average molecular weight is 371 g/mol. The molecule has 26 heavy (non-hydrogen) atoms. The van der Waals surface area contributed by atoms with E-state index in [-0.39, 0.29) is 5.91 Å². The molecule has 0 unspecified atom stereocenters. The number of hydrogen-bond acceptors (Lipinski definition) is 4. The maximum Gasteiger partial charge on any atom is 0.230 e. The van der Waals surface area contributed by atoms with Gasteiger partial charge in [0.15, 0.2) is 0 Å². The van der Waals surface area contributed by atoms with Crippen molar-refractivity contribution < 1.29 is 4.79 Å². The molecule has 2 saturated carbocycles. The molecule has 0 spiro atoms. The molecule has 1 aromatic carbocycles. The number of carbonyl (C=O) groups is 1. The number of aromatic nitrogens is 3. The van der Waals surface area contributed by atoms with Gasteiger partial charge in [-0.15, -0.1) is 5.10 Å². The van der Waals surface area contributed by atoms with Crippen molar-refractivity contribution in [3.63, 3.8) is 0 Å². The zero-order valence-corrected chi connectivity index (χ0v) is 16.0. The highest BCUT2D eigenvalue weighted by Gasteiger charge is 2.30. The smallest absolute Gasteiger partial charge is 0.230 e. The second kappa shape index (κ2) is 7.82. The Morgan fingerprint density at radius 1 is 1.19 bits per heavy atom. The fourth-order valence-corrected chi connectivity index (χ4v) is 4.28. The Balaban J connectivity index is 1.40. The lowest BCUT2D eigenvalue weighted by atomic mass is 9.86. The third-order valence-electron chi connectivity index (χ3n) is 5.35. The van der Waals surface area contributed by atoms with Crippen LogP contribution in [0.25, 0.3) is 5.69 Å². The number of thioether (sulfide) groups is 1. The molecule has 1 heterocycles. The molecular formula is C20H26N4OS. The summed E-state index contributed by atoms with van der Waals surface area (Å²) >= 11 is 1.44. The lowest BCUT2D eigenvalue weighted by Gasteiger charge is -2.29. The van der Waals surface area contributed by atoms with Crippen LogP contribution in [0, 0.1) is 5.92 Å². The van der Waals surface area contributed by atoms with Gasteiger partial charge in [0.05, 0.1) is 11.4 Å². The number of nitrogens with one attached hydrogen (secondary N) is 1. The van der Waals surface area contributed by atoms with Gasteiger partial charge in [0.1, 0.15) is 5.82 Å². The first-order valence-corrected chi connectivity index (χ1v) is 10.6. The standard InChI is InChI=1S/C20H26N4OS/c1-14-7-5-6-10-17(14)21-18(25)13-26-20-22-19(15-11-12-15)24(23-20)16-8-3-2-4-9-16/h2-4,8-9,14-15,17H,5-7,10-13H2,1H3,(H,21,25)/t14-,17+/m1/s1. The Labute approximate surface area is 159 Å². The number of rotatable bonds is 6. The normalized spacial score (nSPS) is 23.0. The summed E-state index contributed by atoms with van der Waals surface area (Å²) < 4.78 is 1.95. The van der Waals surface area contributed by atoms with E-state index in [1.807, 2.05) is 35.0 Å². The number of carbonyl (C=O) groups excluding carboxylic acids is 1. The predicted molar refractivity (Wildman–Crippen MR) is 104 cm³/mol.